The molecular formula is C20H19BrN2O3. The van der Waals surface area contributed by atoms with E-state index in [1.165, 1.54) is 0 Å². The zero-order valence-corrected chi connectivity index (χ0v) is 16.1. The Bertz CT molecular complexity index is 931. The smallest absolute Gasteiger partial charge is 0.317 e. The summed E-state index contributed by atoms with van der Waals surface area (Å²) in [7, 11) is 3.37. The van der Waals surface area contributed by atoms with Crippen LogP contribution in [0.25, 0.3) is 10.9 Å². The molecule has 0 bridgehead atoms. The van der Waals surface area contributed by atoms with Crippen molar-refractivity contribution in [3.63, 3.8) is 0 Å². The van der Waals surface area contributed by atoms with E-state index in [4.69, 9.17) is 4.74 Å². The second kappa shape index (κ2) is 7.85. The number of fused-ring (bicyclic) bond motifs is 1. The molecule has 0 spiro atoms. The highest BCUT2D eigenvalue weighted by molar-refractivity contribution is 9.10. The molecule has 0 radical (unpaired) electrons. The molecule has 3 rings (SSSR count). The molecule has 1 N–H and O–H groups in total. The monoisotopic (exact) mass is 414 g/mol. The van der Waals surface area contributed by atoms with E-state index in [1.807, 2.05) is 54.6 Å². The Hall–Kier alpha value is -2.44. The van der Waals surface area contributed by atoms with E-state index in [0.717, 1.165) is 26.5 Å². The molecule has 0 saturated heterocycles. The zero-order chi connectivity index (χ0) is 18.7. The standard InChI is InChI=1S/C20H19BrN2O3/c1-23(12-18(24)25)19(13-6-4-3-5-7-13)16-11-14-10-15(21)8-9-17(14)22-20(16)26-2/h3-11,19H,12H2,1-2H3,(H,24,25). The first-order valence-electron chi connectivity index (χ1n) is 8.10. The van der Waals surface area contributed by atoms with Gasteiger partial charge in [-0.1, -0.05) is 46.3 Å². The second-order valence-electron chi connectivity index (χ2n) is 6.05. The van der Waals surface area contributed by atoms with Crippen molar-refractivity contribution in [1.29, 1.82) is 0 Å². The molecule has 0 saturated carbocycles. The van der Waals surface area contributed by atoms with Gasteiger partial charge in [0.1, 0.15) is 0 Å². The summed E-state index contributed by atoms with van der Waals surface area (Å²) in [4.78, 5) is 17.7. The van der Waals surface area contributed by atoms with Crippen LogP contribution in [0.2, 0.25) is 0 Å². The van der Waals surface area contributed by atoms with E-state index in [2.05, 4.69) is 20.9 Å². The molecule has 2 aromatic carbocycles. The van der Waals surface area contributed by atoms with E-state index in [-0.39, 0.29) is 12.6 Å². The number of pyridine rings is 1. The Balaban J connectivity index is 2.20. The zero-order valence-electron chi connectivity index (χ0n) is 14.5. The Morgan fingerprint density at radius 3 is 2.62 bits per heavy atom. The summed E-state index contributed by atoms with van der Waals surface area (Å²) in [5.74, 6) is -0.394. The SMILES string of the molecule is COc1nc2ccc(Br)cc2cc1C(c1ccccc1)N(C)CC(=O)O. The minimum atomic E-state index is -0.885. The van der Waals surface area contributed by atoms with Crippen LogP contribution in [0.5, 0.6) is 5.88 Å². The molecule has 0 aliphatic carbocycles. The highest BCUT2D eigenvalue weighted by Gasteiger charge is 2.25. The lowest BCUT2D eigenvalue weighted by molar-refractivity contribution is -0.138. The number of nitrogens with zero attached hydrogens (tertiary/aromatic N) is 2. The molecule has 0 fully saturated rings. The predicted molar refractivity (Wildman–Crippen MR) is 105 cm³/mol. The van der Waals surface area contributed by atoms with Crippen molar-refractivity contribution in [2.24, 2.45) is 0 Å². The second-order valence-corrected chi connectivity index (χ2v) is 6.96. The van der Waals surface area contributed by atoms with Gasteiger partial charge in [-0.15, -0.1) is 0 Å². The maximum absolute atomic E-state index is 11.3. The summed E-state index contributed by atoms with van der Waals surface area (Å²) in [6, 6.07) is 17.3. The predicted octanol–water partition coefficient (Wildman–Crippen LogP) is 4.11. The summed E-state index contributed by atoms with van der Waals surface area (Å²) >= 11 is 3.49. The number of aliphatic carboxylic acids is 1. The van der Waals surface area contributed by atoms with Crippen LogP contribution in [-0.2, 0) is 4.79 Å². The molecular weight excluding hydrogens is 396 g/mol. The number of hydrogen-bond donors (Lipinski definition) is 1. The molecule has 26 heavy (non-hydrogen) atoms. The Labute approximate surface area is 160 Å². The van der Waals surface area contributed by atoms with Crippen LogP contribution in [-0.4, -0.2) is 41.7 Å². The topological polar surface area (TPSA) is 62.7 Å². The van der Waals surface area contributed by atoms with Gasteiger partial charge in [0.2, 0.25) is 5.88 Å². The molecule has 0 aliphatic heterocycles. The Kier molecular flexibility index (Phi) is 5.54. The lowest BCUT2D eigenvalue weighted by Crippen LogP contribution is -2.31. The van der Waals surface area contributed by atoms with E-state index in [0.29, 0.717) is 5.88 Å². The highest BCUT2D eigenvalue weighted by Crippen LogP contribution is 2.35. The van der Waals surface area contributed by atoms with Gasteiger partial charge in [0, 0.05) is 15.4 Å². The van der Waals surface area contributed by atoms with Crippen molar-refractivity contribution < 1.29 is 14.6 Å². The number of hydrogen-bond acceptors (Lipinski definition) is 4. The van der Waals surface area contributed by atoms with Crippen LogP contribution < -0.4 is 4.74 Å². The third kappa shape index (κ3) is 3.86. The van der Waals surface area contributed by atoms with E-state index in [9.17, 15) is 9.90 Å². The number of likely N-dealkylation sites (N-methyl/N-ethyl adjacent to an activating group) is 1. The Morgan fingerprint density at radius 1 is 1.23 bits per heavy atom. The van der Waals surface area contributed by atoms with Crippen LogP contribution in [0.3, 0.4) is 0 Å². The minimum Gasteiger partial charge on any atom is -0.481 e. The van der Waals surface area contributed by atoms with Crippen molar-refractivity contribution in [1.82, 2.24) is 9.88 Å². The van der Waals surface area contributed by atoms with Crippen molar-refractivity contribution in [3.8, 4) is 5.88 Å². The molecule has 1 heterocycles. The normalized spacial score (nSPS) is 12.3. The fourth-order valence-electron chi connectivity index (χ4n) is 3.12. The van der Waals surface area contributed by atoms with Crippen LogP contribution >= 0.6 is 15.9 Å². The highest BCUT2D eigenvalue weighted by atomic mass is 79.9. The average Bonchev–Trinajstić information content (AvgIpc) is 2.61. The minimum absolute atomic E-state index is 0.0980. The van der Waals surface area contributed by atoms with Gasteiger partial charge < -0.3 is 9.84 Å². The number of benzene rings is 2. The first-order valence-corrected chi connectivity index (χ1v) is 8.90. The van der Waals surface area contributed by atoms with Crippen molar-refractivity contribution in [2.45, 2.75) is 6.04 Å². The maximum Gasteiger partial charge on any atom is 0.317 e. The van der Waals surface area contributed by atoms with Gasteiger partial charge >= 0.3 is 5.97 Å². The molecule has 0 amide bonds. The summed E-state index contributed by atoms with van der Waals surface area (Å²) in [5.41, 5.74) is 2.63. The van der Waals surface area contributed by atoms with E-state index >= 15 is 0 Å². The number of rotatable bonds is 6. The number of aromatic nitrogens is 1. The summed E-state index contributed by atoms with van der Waals surface area (Å²) in [6.07, 6.45) is 0. The van der Waals surface area contributed by atoms with Crippen LogP contribution in [0, 0.1) is 0 Å². The van der Waals surface area contributed by atoms with Crippen LogP contribution in [0.4, 0.5) is 0 Å². The summed E-state index contributed by atoms with van der Waals surface area (Å²) < 4.78 is 6.50. The van der Waals surface area contributed by atoms with Gasteiger partial charge in [-0.05, 0) is 36.9 Å². The van der Waals surface area contributed by atoms with Gasteiger partial charge in [0.15, 0.2) is 0 Å². The number of halogens is 1. The summed E-state index contributed by atoms with van der Waals surface area (Å²) in [6.45, 7) is -0.0980. The third-order valence-corrected chi connectivity index (χ3v) is 4.69. The van der Waals surface area contributed by atoms with Gasteiger partial charge in [-0.3, -0.25) is 9.69 Å². The Morgan fingerprint density at radius 2 is 1.96 bits per heavy atom. The molecule has 1 unspecified atom stereocenters. The molecule has 5 nitrogen and oxygen atoms in total. The van der Waals surface area contributed by atoms with Gasteiger partial charge in [0.25, 0.3) is 0 Å². The first kappa shape index (κ1) is 18.4. The first-order chi connectivity index (χ1) is 12.5. The molecule has 3 aromatic rings. The van der Waals surface area contributed by atoms with E-state index < -0.39 is 5.97 Å². The van der Waals surface area contributed by atoms with Gasteiger partial charge in [-0.25, -0.2) is 4.98 Å². The molecule has 0 aliphatic rings. The largest absolute Gasteiger partial charge is 0.481 e. The number of ether oxygens (including phenoxy) is 1. The third-order valence-electron chi connectivity index (χ3n) is 4.20. The fourth-order valence-corrected chi connectivity index (χ4v) is 3.50. The lowest BCUT2D eigenvalue weighted by Gasteiger charge is -2.28. The molecule has 134 valence electrons. The van der Waals surface area contributed by atoms with Crippen molar-refractivity contribution >= 4 is 32.8 Å². The quantitative estimate of drug-likeness (QED) is 0.657. The van der Waals surface area contributed by atoms with Gasteiger partial charge in [-0.2, -0.15) is 0 Å². The molecule has 1 aromatic heterocycles. The van der Waals surface area contributed by atoms with E-state index in [1.54, 1.807) is 19.1 Å². The van der Waals surface area contributed by atoms with Crippen LogP contribution in [0.15, 0.2) is 59.1 Å². The van der Waals surface area contributed by atoms with Crippen LogP contribution in [0.1, 0.15) is 17.2 Å². The number of carboxylic acids is 1. The molecule has 1 atom stereocenters. The number of methoxy groups -OCH3 is 1. The van der Waals surface area contributed by atoms with Crippen molar-refractivity contribution in [3.05, 3.63) is 70.2 Å². The van der Waals surface area contributed by atoms with Gasteiger partial charge in [0.05, 0.1) is 25.2 Å². The fraction of sp³-hybridized carbons (Fsp3) is 0.200. The maximum atomic E-state index is 11.3. The number of carboxylic acid groups (broad SMARTS) is 1. The average molecular weight is 415 g/mol. The number of carbonyl (C=O) groups is 1. The summed E-state index contributed by atoms with van der Waals surface area (Å²) in [5, 5.41) is 10.2. The van der Waals surface area contributed by atoms with Crippen molar-refractivity contribution in [2.75, 3.05) is 20.7 Å². The molecule has 6 heteroatoms. The lowest BCUT2D eigenvalue weighted by atomic mass is 9.97.